The molecule has 0 aliphatic carbocycles. The van der Waals surface area contributed by atoms with Gasteiger partial charge in [-0.1, -0.05) is 29.8 Å². The Morgan fingerprint density at radius 1 is 1.25 bits per heavy atom. The summed E-state index contributed by atoms with van der Waals surface area (Å²) in [6.07, 6.45) is 3.50. The molecule has 0 unspecified atom stereocenters. The molecule has 1 rings (SSSR count). The number of rotatable bonds is 5. The molecule has 1 aromatic carbocycles. The molecule has 2 N–H and O–H groups in total. The lowest BCUT2D eigenvalue weighted by Crippen LogP contribution is -2.32. The number of benzene rings is 1. The summed E-state index contributed by atoms with van der Waals surface area (Å²) in [5, 5.41) is 1.16. The summed E-state index contributed by atoms with van der Waals surface area (Å²) in [4.78, 5) is 11.2. The third-order valence-electron chi connectivity index (χ3n) is 2.62. The number of hydrogen-bond donors (Lipinski definition) is 1. The molecule has 16 heavy (non-hydrogen) atoms. The zero-order chi connectivity index (χ0) is 12.0. The van der Waals surface area contributed by atoms with Gasteiger partial charge in [-0.2, -0.15) is 0 Å². The van der Waals surface area contributed by atoms with Crippen LogP contribution in [0.4, 0.5) is 0 Å². The van der Waals surface area contributed by atoms with Crippen LogP contribution in [0.15, 0.2) is 24.3 Å². The third-order valence-corrected chi connectivity index (χ3v) is 2.62. The number of hydrazine groups is 1. The largest absolute Gasteiger partial charge is 0.284 e. The molecule has 0 saturated carbocycles. The van der Waals surface area contributed by atoms with E-state index in [1.807, 2.05) is 0 Å². The molecule has 3 nitrogen and oxygen atoms in total. The first-order chi connectivity index (χ1) is 7.59. The van der Waals surface area contributed by atoms with Crippen molar-refractivity contribution in [2.24, 2.45) is 5.84 Å². The number of nitrogens with two attached hydrogens (primary N) is 1. The molecule has 3 heteroatoms. The topological polar surface area (TPSA) is 46.3 Å². The second kappa shape index (κ2) is 6.28. The van der Waals surface area contributed by atoms with E-state index >= 15 is 0 Å². The lowest BCUT2D eigenvalue weighted by molar-refractivity contribution is -0.130. The summed E-state index contributed by atoms with van der Waals surface area (Å²) in [5.41, 5.74) is 2.61. The van der Waals surface area contributed by atoms with Gasteiger partial charge < -0.3 is 0 Å². The zero-order valence-electron chi connectivity index (χ0n) is 10.1. The Hall–Kier alpha value is -1.35. The molecule has 0 radical (unpaired) electrons. The van der Waals surface area contributed by atoms with E-state index in [1.165, 1.54) is 11.1 Å². The maximum absolute atomic E-state index is 11.2. The normalized spacial score (nSPS) is 10.2. The summed E-state index contributed by atoms with van der Waals surface area (Å²) in [6, 6.07) is 8.53. The van der Waals surface area contributed by atoms with Crippen molar-refractivity contribution in [2.45, 2.75) is 32.6 Å². The standard InChI is InChI=1S/C13H20N2O/c1-11-7-9-12(10-8-11)5-3-4-6-13(16)15(2)14/h7-10H,3-6,14H2,1-2H3. The van der Waals surface area contributed by atoms with E-state index in [1.54, 1.807) is 7.05 Å². The fourth-order valence-corrected chi connectivity index (χ4v) is 1.54. The van der Waals surface area contributed by atoms with E-state index in [0.29, 0.717) is 6.42 Å². The van der Waals surface area contributed by atoms with Crippen molar-refractivity contribution in [3.05, 3.63) is 35.4 Å². The number of hydrogen-bond acceptors (Lipinski definition) is 2. The summed E-state index contributed by atoms with van der Waals surface area (Å²) < 4.78 is 0. The average molecular weight is 220 g/mol. The van der Waals surface area contributed by atoms with Crippen LogP contribution in [0, 0.1) is 6.92 Å². The van der Waals surface area contributed by atoms with Crippen molar-refractivity contribution in [3.63, 3.8) is 0 Å². The first-order valence-corrected chi connectivity index (χ1v) is 5.66. The van der Waals surface area contributed by atoms with Crippen LogP contribution in [-0.2, 0) is 11.2 Å². The maximum atomic E-state index is 11.2. The van der Waals surface area contributed by atoms with Gasteiger partial charge >= 0.3 is 0 Å². The molecule has 0 aliphatic rings. The highest BCUT2D eigenvalue weighted by Gasteiger charge is 2.03. The number of aryl methyl sites for hydroxylation is 2. The van der Waals surface area contributed by atoms with E-state index in [9.17, 15) is 4.79 Å². The highest BCUT2D eigenvalue weighted by molar-refractivity contribution is 5.75. The van der Waals surface area contributed by atoms with Crippen LogP contribution in [0.1, 0.15) is 30.4 Å². The van der Waals surface area contributed by atoms with Crippen LogP contribution < -0.4 is 5.84 Å². The predicted octanol–water partition coefficient (Wildman–Crippen LogP) is 2.04. The fraction of sp³-hybridized carbons (Fsp3) is 0.462. The second-order valence-electron chi connectivity index (χ2n) is 4.20. The molecular formula is C13H20N2O. The van der Waals surface area contributed by atoms with E-state index < -0.39 is 0 Å². The molecule has 88 valence electrons. The van der Waals surface area contributed by atoms with Gasteiger partial charge in [0.2, 0.25) is 5.91 Å². The minimum Gasteiger partial charge on any atom is -0.284 e. The predicted molar refractivity (Wildman–Crippen MR) is 65.7 cm³/mol. The number of amides is 1. The quantitative estimate of drug-likeness (QED) is 0.357. The second-order valence-corrected chi connectivity index (χ2v) is 4.20. The van der Waals surface area contributed by atoms with Gasteiger partial charge in [0.1, 0.15) is 0 Å². The molecule has 0 saturated heterocycles. The highest BCUT2D eigenvalue weighted by atomic mass is 16.2. The Bertz CT molecular complexity index is 330. The Balaban J connectivity index is 2.21. The Kier molecular flexibility index (Phi) is 4.99. The maximum Gasteiger partial charge on any atom is 0.236 e. The smallest absolute Gasteiger partial charge is 0.236 e. The lowest BCUT2D eigenvalue weighted by Gasteiger charge is -2.09. The Morgan fingerprint density at radius 3 is 2.44 bits per heavy atom. The molecule has 1 aromatic rings. The number of carbonyl (C=O) groups excluding carboxylic acids is 1. The van der Waals surface area contributed by atoms with E-state index in [-0.39, 0.29) is 5.91 Å². The Labute approximate surface area is 97.2 Å². The van der Waals surface area contributed by atoms with Gasteiger partial charge in [-0.3, -0.25) is 9.80 Å². The van der Waals surface area contributed by atoms with Gasteiger partial charge in [0.15, 0.2) is 0 Å². The van der Waals surface area contributed by atoms with E-state index in [4.69, 9.17) is 5.84 Å². The van der Waals surface area contributed by atoms with Gasteiger partial charge in [0, 0.05) is 13.5 Å². The molecule has 0 aliphatic heterocycles. The molecule has 1 amide bonds. The van der Waals surface area contributed by atoms with Crippen LogP contribution in [-0.4, -0.2) is 18.0 Å². The van der Waals surface area contributed by atoms with E-state index in [0.717, 1.165) is 24.3 Å². The SMILES string of the molecule is Cc1ccc(CCCCC(=O)N(C)N)cc1. The number of carbonyl (C=O) groups is 1. The van der Waals surface area contributed by atoms with E-state index in [2.05, 4.69) is 31.2 Å². The lowest BCUT2D eigenvalue weighted by atomic mass is 10.1. The zero-order valence-corrected chi connectivity index (χ0v) is 10.1. The molecular weight excluding hydrogens is 200 g/mol. The summed E-state index contributed by atoms with van der Waals surface area (Å²) >= 11 is 0. The number of nitrogens with zero attached hydrogens (tertiary/aromatic N) is 1. The van der Waals surface area contributed by atoms with Crippen LogP contribution in [0.3, 0.4) is 0 Å². The van der Waals surface area contributed by atoms with Crippen LogP contribution in [0.25, 0.3) is 0 Å². The molecule has 0 spiro atoms. The monoisotopic (exact) mass is 220 g/mol. The van der Waals surface area contributed by atoms with Crippen molar-refractivity contribution >= 4 is 5.91 Å². The highest BCUT2D eigenvalue weighted by Crippen LogP contribution is 2.08. The minimum atomic E-state index is 0.00362. The summed E-state index contributed by atoms with van der Waals surface area (Å²) in [7, 11) is 1.59. The third kappa shape index (κ3) is 4.45. The van der Waals surface area contributed by atoms with Crippen LogP contribution >= 0.6 is 0 Å². The van der Waals surface area contributed by atoms with Gasteiger partial charge in [-0.25, -0.2) is 5.84 Å². The molecule has 0 heterocycles. The number of unbranched alkanes of at least 4 members (excludes halogenated alkanes) is 1. The van der Waals surface area contributed by atoms with Crippen molar-refractivity contribution in [2.75, 3.05) is 7.05 Å². The Morgan fingerprint density at radius 2 is 1.88 bits per heavy atom. The van der Waals surface area contributed by atoms with Crippen LogP contribution in [0.5, 0.6) is 0 Å². The summed E-state index contributed by atoms with van der Waals surface area (Å²) in [6.45, 7) is 2.08. The average Bonchev–Trinajstić information content (AvgIpc) is 2.26. The van der Waals surface area contributed by atoms with Crippen molar-refractivity contribution in [3.8, 4) is 0 Å². The van der Waals surface area contributed by atoms with Gasteiger partial charge in [-0.15, -0.1) is 0 Å². The summed E-state index contributed by atoms with van der Waals surface area (Å²) in [5.74, 6) is 5.33. The van der Waals surface area contributed by atoms with Gasteiger partial charge in [0.05, 0.1) is 0 Å². The van der Waals surface area contributed by atoms with Gasteiger partial charge in [-0.05, 0) is 31.7 Å². The first-order valence-electron chi connectivity index (χ1n) is 5.66. The molecule has 0 bridgehead atoms. The van der Waals surface area contributed by atoms with Crippen LogP contribution in [0.2, 0.25) is 0 Å². The molecule has 0 fully saturated rings. The van der Waals surface area contributed by atoms with Crippen molar-refractivity contribution < 1.29 is 4.79 Å². The first kappa shape index (κ1) is 12.7. The fourth-order valence-electron chi connectivity index (χ4n) is 1.54. The minimum absolute atomic E-state index is 0.00362. The van der Waals surface area contributed by atoms with Gasteiger partial charge in [0.25, 0.3) is 0 Å². The van der Waals surface area contributed by atoms with Crippen molar-refractivity contribution in [1.29, 1.82) is 0 Å². The molecule has 0 atom stereocenters. The molecule has 0 aromatic heterocycles. The van der Waals surface area contributed by atoms with Crippen molar-refractivity contribution in [1.82, 2.24) is 5.01 Å².